The second kappa shape index (κ2) is 7.78. The first-order chi connectivity index (χ1) is 13.2. The Balaban J connectivity index is 1.37. The number of aryl methyl sites for hydroxylation is 2. The van der Waals surface area contributed by atoms with Gasteiger partial charge < -0.3 is 13.9 Å². The van der Waals surface area contributed by atoms with Crippen LogP contribution in [-0.4, -0.2) is 31.9 Å². The Hall–Kier alpha value is -2.89. The number of benzene rings is 1. The molecule has 0 fully saturated rings. The molecule has 0 N–H and O–H groups in total. The molecular formula is C21H24N4O2. The summed E-state index contributed by atoms with van der Waals surface area (Å²) in [4.78, 5) is 23.5. The van der Waals surface area contributed by atoms with Gasteiger partial charge in [0.25, 0.3) is 0 Å². The molecule has 3 heterocycles. The molecule has 3 aromatic rings. The van der Waals surface area contributed by atoms with Crippen LogP contribution in [0.3, 0.4) is 0 Å². The molecule has 1 aliphatic heterocycles. The number of nitrogens with zero attached hydrogens (tertiary/aromatic N) is 4. The largest absolute Gasteiger partial charge is 0.445 e. The van der Waals surface area contributed by atoms with Crippen LogP contribution >= 0.6 is 0 Å². The van der Waals surface area contributed by atoms with Crippen molar-refractivity contribution in [2.24, 2.45) is 0 Å². The van der Waals surface area contributed by atoms with Crippen molar-refractivity contribution in [1.82, 2.24) is 19.4 Å². The summed E-state index contributed by atoms with van der Waals surface area (Å²) in [6.45, 7) is 3.97. The maximum Gasteiger partial charge on any atom is 0.224 e. The molecule has 1 amide bonds. The van der Waals surface area contributed by atoms with Crippen molar-refractivity contribution in [3.8, 4) is 0 Å². The number of oxazole rings is 1. The van der Waals surface area contributed by atoms with Gasteiger partial charge in [0, 0.05) is 51.2 Å². The Morgan fingerprint density at radius 2 is 2.11 bits per heavy atom. The van der Waals surface area contributed by atoms with Crippen molar-refractivity contribution in [3.05, 3.63) is 71.5 Å². The molecule has 0 saturated heterocycles. The van der Waals surface area contributed by atoms with E-state index < -0.39 is 0 Å². The van der Waals surface area contributed by atoms with Gasteiger partial charge in [-0.3, -0.25) is 4.79 Å². The van der Waals surface area contributed by atoms with E-state index in [-0.39, 0.29) is 5.91 Å². The fraction of sp³-hybridized carbons (Fsp3) is 0.381. The normalized spacial score (nSPS) is 13.6. The van der Waals surface area contributed by atoms with Gasteiger partial charge in [-0.25, -0.2) is 9.97 Å². The van der Waals surface area contributed by atoms with E-state index >= 15 is 0 Å². The van der Waals surface area contributed by atoms with E-state index in [1.807, 2.05) is 29.3 Å². The number of carbonyl (C=O) groups is 1. The molecule has 0 atom stereocenters. The predicted octanol–water partition coefficient (Wildman–Crippen LogP) is 3.00. The smallest absolute Gasteiger partial charge is 0.224 e. The number of hydrogen-bond donors (Lipinski definition) is 0. The summed E-state index contributed by atoms with van der Waals surface area (Å²) in [5.74, 6) is 2.83. The fourth-order valence-electron chi connectivity index (χ4n) is 3.54. The first kappa shape index (κ1) is 17.5. The van der Waals surface area contributed by atoms with Crippen molar-refractivity contribution in [2.75, 3.05) is 6.54 Å². The number of fused-ring (bicyclic) bond motifs is 1. The van der Waals surface area contributed by atoms with E-state index in [4.69, 9.17) is 4.42 Å². The third-order valence-electron chi connectivity index (χ3n) is 5.01. The Morgan fingerprint density at radius 3 is 2.93 bits per heavy atom. The molecule has 0 unspecified atom stereocenters. The Bertz CT molecular complexity index is 913. The molecule has 2 aromatic heterocycles. The van der Waals surface area contributed by atoms with E-state index in [1.54, 1.807) is 6.20 Å². The lowest BCUT2D eigenvalue weighted by molar-refractivity contribution is -0.132. The molecule has 6 heteroatoms. The SMILES string of the molecule is CCc1nccn1CCC(=O)N1CCc2oc(Cc3ccccc3)nc2C1. The van der Waals surface area contributed by atoms with Gasteiger partial charge in [-0.15, -0.1) is 0 Å². The van der Waals surface area contributed by atoms with Gasteiger partial charge >= 0.3 is 0 Å². The first-order valence-electron chi connectivity index (χ1n) is 9.52. The van der Waals surface area contributed by atoms with Gasteiger partial charge in [0.05, 0.1) is 6.54 Å². The molecule has 0 spiro atoms. The predicted molar refractivity (Wildman–Crippen MR) is 101 cm³/mol. The second-order valence-electron chi connectivity index (χ2n) is 6.85. The summed E-state index contributed by atoms with van der Waals surface area (Å²) < 4.78 is 7.98. The summed E-state index contributed by atoms with van der Waals surface area (Å²) >= 11 is 0. The van der Waals surface area contributed by atoms with Crippen molar-refractivity contribution >= 4 is 5.91 Å². The third-order valence-corrected chi connectivity index (χ3v) is 5.01. The maximum atomic E-state index is 12.6. The average molecular weight is 364 g/mol. The van der Waals surface area contributed by atoms with E-state index in [1.165, 1.54) is 5.56 Å². The van der Waals surface area contributed by atoms with Crippen LogP contribution in [0.2, 0.25) is 0 Å². The van der Waals surface area contributed by atoms with Crippen LogP contribution in [0.4, 0.5) is 0 Å². The van der Waals surface area contributed by atoms with Crippen molar-refractivity contribution < 1.29 is 9.21 Å². The zero-order valence-corrected chi connectivity index (χ0v) is 15.6. The third kappa shape index (κ3) is 3.94. The summed E-state index contributed by atoms with van der Waals surface area (Å²) in [6.07, 6.45) is 6.50. The van der Waals surface area contributed by atoms with Crippen LogP contribution in [0.5, 0.6) is 0 Å². The zero-order chi connectivity index (χ0) is 18.6. The maximum absolute atomic E-state index is 12.6. The number of carbonyl (C=O) groups excluding carboxylic acids is 1. The molecule has 0 bridgehead atoms. The first-order valence-corrected chi connectivity index (χ1v) is 9.52. The van der Waals surface area contributed by atoms with Crippen LogP contribution in [0.15, 0.2) is 47.1 Å². The molecule has 1 aliphatic rings. The lowest BCUT2D eigenvalue weighted by atomic mass is 10.1. The molecule has 140 valence electrons. The average Bonchev–Trinajstić information content (AvgIpc) is 3.31. The molecular weight excluding hydrogens is 340 g/mol. The highest BCUT2D eigenvalue weighted by molar-refractivity contribution is 5.76. The summed E-state index contributed by atoms with van der Waals surface area (Å²) in [6, 6.07) is 10.2. The summed E-state index contributed by atoms with van der Waals surface area (Å²) in [7, 11) is 0. The molecule has 0 aliphatic carbocycles. The van der Waals surface area contributed by atoms with E-state index in [9.17, 15) is 4.79 Å². The molecule has 1 aromatic carbocycles. The molecule has 0 radical (unpaired) electrons. The minimum absolute atomic E-state index is 0.156. The van der Waals surface area contributed by atoms with Gasteiger partial charge in [0.15, 0.2) is 5.89 Å². The van der Waals surface area contributed by atoms with Gasteiger partial charge in [-0.1, -0.05) is 37.3 Å². The lowest BCUT2D eigenvalue weighted by Gasteiger charge is -2.25. The lowest BCUT2D eigenvalue weighted by Crippen LogP contribution is -2.36. The van der Waals surface area contributed by atoms with Gasteiger partial charge in [-0.2, -0.15) is 0 Å². The van der Waals surface area contributed by atoms with Crippen LogP contribution in [0.1, 0.15) is 42.1 Å². The summed E-state index contributed by atoms with van der Waals surface area (Å²) in [5, 5.41) is 0. The van der Waals surface area contributed by atoms with Gasteiger partial charge in [0.2, 0.25) is 5.91 Å². The molecule has 27 heavy (non-hydrogen) atoms. The van der Waals surface area contributed by atoms with E-state index in [0.29, 0.717) is 32.5 Å². The van der Waals surface area contributed by atoms with Crippen LogP contribution < -0.4 is 0 Å². The van der Waals surface area contributed by atoms with Crippen LogP contribution in [0, 0.1) is 0 Å². The van der Waals surface area contributed by atoms with Crippen molar-refractivity contribution in [3.63, 3.8) is 0 Å². The van der Waals surface area contributed by atoms with Gasteiger partial charge in [-0.05, 0) is 5.56 Å². The standard InChI is InChI=1S/C21H24N4O2/c1-2-19-22-10-13-24(19)12-9-21(26)25-11-8-18-17(15-25)23-20(27-18)14-16-6-4-3-5-7-16/h3-7,10,13H,2,8-9,11-12,14-15H2,1H3. The minimum Gasteiger partial charge on any atom is -0.445 e. The number of hydrogen-bond acceptors (Lipinski definition) is 4. The quantitative estimate of drug-likeness (QED) is 0.674. The number of amides is 1. The number of rotatable bonds is 6. The molecule has 0 saturated carbocycles. The van der Waals surface area contributed by atoms with Crippen molar-refractivity contribution in [1.29, 1.82) is 0 Å². The summed E-state index contributed by atoms with van der Waals surface area (Å²) in [5.41, 5.74) is 2.08. The Kier molecular flexibility index (Phi) is 5.05. The van der Waals surface area contributed by atoms with E-state index in [2.05, 4.69) is 33.6 Å². The topological polar surface area (TPSA) is 64.2 Å². The minimum atomic E-state index is 0.156. The molecule has 4 rings (SSSR count). The Morgan fingerprint density at radius 1 is 1.26 bits per heavy atom. The highest BCUT2D eigenvalue weighted by Gasteiger charge is 2.25. The zero-order valence-electron chi connectivity index (χ0n) is 15.6. The molecule has 6 nitrogen and oxygen atoms in total. The second-order valence-corrected chi connectivity index (χ2v) is 6.85. The number of aromatic nitrogens is 3. The number of imidazole rings is 1. The fourth-order valence-corrected chi connectivity index (χ4v) is 3.54. The highest BCUT2D eigenvalue weighted by atomic mass is 16.4. The van der Waals surface area contributed by atoms with Crippen LogP contribution in [0.25, 0.3) is 0 Å². The van der Waals surface area contributed by atoms with Crippen LogP contribution in [-0.2, 0) is 37.1 Å². The monoisotopic (exact) mass is 364 g/mol. The van der Waals surface area contributed by atoms with E-state index in [0.717, 1.165) is 36.0 Å². The highest BCUT2D eigenvalue weighted by Crippen LogP contribution is 2.22. The van der Waals surface area contributed by atoms with Crippen molar-refractivity contribution in [2.45, 2.75) is 45.7 Å². The van der Waals surface area contributed by atoms with Gasteiger partial charge in [0.1, 0.15) is 17.3 Å². The Labute approximate surface area is 158 Å².